The summed E-state index contributed by atoms with van der Waals surface area (Å²) < 4.78 is 0.879. The zero-order valence-electron chi connectivity index (χ0n) is 11.7. The SMILES string of the molecule is Cc1c(Cl)cccc1NC(=O)/C(C#N)=C/c1cccc(Br)c1. The molecule has 0 atom stereocenters. The lowest BCUT2D eigenvalue weighted by Gasteiger charge is -2.08. The van der Waals surface area contributed by atoms with Crippen LogP contribution in [0.3, 0.4) is 0 Å². The third kappa shape index (κ3) is 3.97. The number of amides is 1. The van der Waals surface area contributed by atoms with E-state index in [2.05, 4.69) is 21.2 Å². The van der Waals surface area contributed by atoms with E-state index in [1.807, 2.05) is 37.3 Å². The summed E-state index contributed by atoms with van der Waals surface area (Å²) in [5.41, 5.74) is 2.14. The van der Waals surface area contributed by atoms with Crippen molar-refractivity contribution in [1.29, 1.82) is 5.26 Å². The Kier molecular flexibility index (Phi) is 5.37. The van der Waals surface area contributed by atoms with Crippen LogP contribution in [0.5, 0.6) is 0 Å². The van der Waals surface area contributed by atoms with Gasteiger partial charge in [0, 0.05) is 15.2 Å². The highest BCUT2D eigenvalue weighted by atomic mass is 79.9. The summed E-state index contributed by atoms with van der Waals surface area (Å²) in [5, 5.41) is 12.5. The second-order valence-corrected chi connectivity index (χ2v) is 5.91. The molecule has 2 rings (SSSR count). The first-order chi connectivity index (χ1) is 10.5. The largest absolute Gasteiger partial charge is 0.321 e. The van der Waals surface area contributed by atoms with Crippen molar-refractivity contribution < 1.29 is 4.79 Å². The van der Waals surface area contributed by atoms with Gasteiger partial charge in [-0.3, -0.25) is 4.79 Å². The normalized spacial score (nSPS) is 10.9. The van der Waals surface area contributed by atoms with Gasteiger partial charge in [0.1, 0.15) is 11.6 Å². The van der Waals surface area contributed by atoms with Crippen LogP contribution in [-0.2, 0) is 4.79 Å². The Morgan fingerprint density at radius 1 is 1.32 bits per heavy atom. The molecule has 0 aliphatic rings. The van der Waals surface area contributed by atoms with Crippen LogP contribution in [0.4, 0.5) is 5.69 Å². The molecule has 1 N–H and O–H groups in total. The van der Waals surface area contributed by atoms with Crippen LogP contribution in [0.15, 0.2) is 52.5 Å². The molecule has 0 spiro atoms. The first kappa shape index (κ1) is 16.3. The summed E-state index contributed by atoms with van der Waals surface area (Å²) in [7, 11) is 0. The molecule has 0 aliphatic heterocycles. The Hall–Kier alpha value is -2.09. The van der Waals surface area contributed by atoms with Gasteiger partial charge in [0.2, 0.25) is 0 Å². The zero-order valence-corrected chi connectivity index (χ0v) is 14.1. The second-order valence-electron chi connectivity index (χ2n) is 4.59. The number of halogens is 2. The lowest BCUT2D eigenvalue weighted by molar-refractivity contribution is -0.112. The standard InChI is InChI=1S/C17H12BrClN2O/c1-11-15(19)6-3-7-16(11)21-17(22)13(10-20)8-12-4-2-5-14(18)9-12/h2-9H,1H3,(H,21,22)/b13-8+. The van der Waals surface area contributed by atoms with E-state index in [9.17, 15) is 10.1 Å². The molecule has 0 heterocycles. The maximum atomic E-state index is 12.2. The van der Waals surface area contributed by atoms with Crippen LogP contribution in [0.1, 0.15) is 11.1 Å². The van der Waals surface area contributed by atoms with Crippen LogP contribution in [-0.4, -0.2) is 5.91 Å². The van der Waals surface area contributed by atoms with E-state index < -0.39 is 5.91 Å². The maximum absolute atomic E-state index is 12.2. The fourth-order valence-corrected chi connectivity index (χ4v) is 2.44. The number of anilines is 1. The van der Waals surface area contributed by atoms with Gasteiger partial charge in [-0.25, -0.2) is 0 Å². The van der Waals surface area contributed by atoms with Gasteiger partial charge in [-0.15, -0.1) is 0 Å². The van der Waals surface area contributed by atoms with Crippen LogP contribution in [0, 0.1) is 18.3 Å². The molecule has 1 amide bonds. The molecule has 110 valence electrons. The monoisotopic (exact) mass is 374 g/mol. The van der Waals surface area contributed by atoms with Crippen LogP contribution < -0.4 is 5.32 Å². The predicted molar refractivity (Wildman–Crippen MR) is 92.6 cm³/mol. The molecule has 0 saturated heterocycles. The molecule has 0 aliphatic carbocycles. The van der Waals surface area contributed by atoms with Gasteiger partial charge in [-0.2, -0.15) is 5.26 Å². The Balaban J connectivity index is 2.26. The van der Waals surface area contributed by atoms with E-state index in [0.29, 0.717) is 10.7 Å². The predicted octanol–water partition coefficient (Wildman–Crippen LogP) is 4.96. The van der Waals surface area contributed by atoms with Crippen molar-refractivity contribution in [3.05, 3.63) is 68.7 Å². The Labute approximate surface area is 142 Å². The van der Waals surface area contributed by atoms with Crippen molar-refractivity contribution in [1.82, 2.24) is 0 Å². The van der Waals surface area contributed by atoms with E-state index in [1.54, 1.807) is 24.3 Å². The Morgan fingerprint density at radius 2 is 2.05 bits per heavy atom. The highest BCUT2D eigenvalue weighted by Crippen LogP contribution is 2.23. The van der Waals surface area contributed by atoms with Gasteiger partial charge in [-0.05, 0) is 48.4 Å². The maximum Gasteiger partial charge on any atom is 0.266 e. The van der Waals surface area contributed by atoms with E-state index in [4.69, 9.17) is 11.6 Å². The number of hydrogen-bond acceptors (Lipinski definition) is 2. The summed E-state index contributed by atoms with van der Waals surface area (Å²) in [5.74, 6) is -0.465. The van der Waals surface area contributed by atoms with Crippen molar-refractivity contribution in [2.24, 2.45) is 0 Å². The van der Waals surface area contributed by atoms with Gasteiger partial charge >= 0.3 is 0 Å². The van der Waals surface area contributed by atoms with E-state index in [-0.39, 0.29) is 5.57 Å². The number of nitrogens with one attached hydrogen (secondary N) is 1. The Morgan fingerprint density at radius 3 is 2.73 bits per heavy atom. The van der Waals surface area contributed by atoms with Crippen LogP contribution >= 0.6 is 27.5 Å². The van der Waals surface area contributed by atoms with Crippen molar-refractivity contribution in [3.63, 3.8) is 0 Å². The minimum Gasteiger partial charge on any atom is -0.321 e. The topological polar surface area (TPSA) is 52.9 Å². The molecule has 0 unspecified atom stereocenters. The minimum atomic E-state index is -0.465. The van der Waals surface area contributed by atoms with Crippen LogP contribution in [0.25, 0.3) is 6.08 Å². The molecule has 0 saturated carbocycles. The average molecular weight is 376 g/mol. The Bertz CT molecular complexity index is 793. The molecule has 5 heteroatoms. The molecule has 0 aromatic heterocycles. The lowest BCUT2D eigenvalue weighted by atomic mass is 10.1. The third-order valence-electron chi connectivity index (χ3n) is 3.04. The first-order valence-electron chi connectivity index (χ1n) is 6.45. The molecule has 0 fully saturated rings. The average Bonchev–Trinajstić information content (AvgIpc) is 2.49. The molecule has 3 nitrogen and oxygen atoms in total. The van der Waals surface area contributed by atoms with Gasteiger partial charge in [0.05, 0.1) is 0 Å². The van der Waals surface area contributed by atoms with E-state index in [0.717, 1.165) is 15.6 Å². The summed E-state index contributed by atoms with van der Waals surface area (Å²) in [6.07, 6.45) is 1.54. The number of nitrogens with zero attached hydrogens (tertiary/aromatic N) is 1. The van der Waals surface area contributed by atoms with Crippen LogP contribution in [0.2, 0.25) is 5.02 Å². The molecular weight excluding hydrogens is 364 g/mol. The van der Waals surface area contributed by atoms with Crippen molar-refractivity contribution in [2.45, 2.75) is 6.92 Å². The zero-order chi connectivity index (χ0) is 16.1. The highest BCUT2D eigenvalue weighted by Gasteiger charge is 2.11. The number of carbonyl (C=O) groups excluding carboxylic acids is 1. The summed E-state index contributed by atoms with van der Waals surface area (Å²) in [6, 6.07) is 14.5. The number of nitriles is 1. The molecular formula is C17H12BrClN2O. The highest BCUT2D eigenvalue weighted by molar-refractivity contribution is 9.10. The summed E-state index contributed by atoms with van der Waals surface area (Å²) in [4.78, 5) is 12.2. The quantitative estimate of drug-likeness (QED) is 0.609. The summed E-state index contributed by atoms with van der Waals surface area (Å²) >= 11 is 9.38. The van der Waals surface area contributed by atoms with Gasteiger partial charge in [0.15, 0.2) is 0 Å². The fraction of sp³-hybridized carbons (Fsp3) is 0.0588. The van der Waals surface area contributed by atoms with Gasteiger partial charge in [0.25, 0.3) is 5.91 Å². The number of benzene rings is 2. The summed E-state index contributed by atoms with van der Waals surface area (Å²) in [6.45, 7) is 1.81. The van der Waals surface area contributed by atoms with Crippen molar-refractivity contribution in [2.75, 3.05) is 5.32 Å². The molecule has 0 radical (unpaired) electrons. The van der Waals surface area contributed by atoms with Crippen molar-refractivity contribution >= 4 is 45.2 Å². The number of carbonyl (C=O) groups is 1. The number of rotatable bonds is 3. The van der Waals surface area contributed by atoms with Gasteiger partial charge < -0.3 is 5.32 Å². The molecule has 2 aromatic carbocycles. The lowest BCUT2D eigenvalue weighted by Crippen LogP contribution is -2.14. The molecule has 22 heavy (non-hydrogen) atoms. The molecule has 0 bridgehead atoms. The van der Waals surface area contributed by atoms with E-state index in [1.165, 1.54) is 0 Å². The third-order valence-corrected chi connectivity index (χ3v) is 3.94. The van der Waals surface area contributed by atoms with Crippen molar-refractivity contribution in [3.8, 4) is 6.07 Å². The van der Waals surface area contributed by atoms with E-state index >= 15 is 0 Å². The fourth-order valence-electron chi connectivity index (χ4n) is 1.84. The minimum absolute atomic E-state index is 0.0254. The second kappa shape index (κ2) is 7.26. The smallest absolute Gasteiger partial charge is 0.266 e. The first-order valence-corrected chi connectivity index (χ1v) is 7.62. The van der Waals surface area contributed by atoms with Gasteiger partial charge in [-0.1, -0.05) is 45.7 Å². The number of hydrogen-bond donors (Lipinski definition) is 1. The molecule has 2 aromatic rings.